The van der Waals surface area contributed by atoms with Crippen LogP contribution < -0.4 is 0 Å². The SMILES string of the molecule is O=C1CCN(C(=O)Cc2ncccc2F)C2CCCN12. The fourth-order valence-corrected chi connectivity index (χ4v) is 2.96. The van der Waals surface area contributed by atoms with E-state index in [4.69, 9.17) is 0 Å². The molecule has 20 heavy (non-hydrogen) atoms. The molecule has 106 valence electrons. The van der Waals surface area contributed by atoms with Crippen molar-refractivity contribution in [3.05, 3.63) is 29.8 Å². The lowest BCUT2D eigenvalue weighted by Gasteiger charge is -2.39. The van der Waals surface area contributed by atoms with Gasteiger partial charge >= 0.3 is 0 Å². The Labute approximate surface area is 116 Å². The zero-order valence-corrected chi connectivity index (χ0v) is 11.1. The molecule has 3 rings (SSSR count). The summed E-state index contributed by atoms with van der Waals surface area (Å²) >= 11 is 0. The Bertz CT molecular complexity index is 549. The molecule has 2 aliphatic rings. The van der Waals surface area contributed by atoms with Gasteiger partial charge in [0, 0.05) is 25.7 Å². The largest absolute Gasteiger partial charge is 0.322 e. The van der Waals surface area contributed by atoms with Crippen LogP contribution in [0.1, 0.15) is 25.0 Å². The van der Waals surface area contributed by atoms with Crippen LogP contribution in [0.3, 0.4) is 0 Å². The monoisotopic (exact) mass is 277 g/mol. The number of aromatic nitrogens is 1. The molecule has 1 aromatic rings. The van der Waals surface area contributed by atoms with Crippen molar-refractivity contribution in [3.8, 4) is 0 Å². The number of hydrogen-bond acceptors (Lipinski definition) is 3. The molecule has 0 bridgehead atoms. The van der Waals surface area contributed by atoms with E-state index in [1.807, 2.05) is 0 Å². The smallest absolute Gasteiger partial charge is 0.230 e. The number of nitrogens with zero attached hydrogens (tertiary/aromatic N) is 3. The van der Waals surface area contributed by atoms with Crippen molar-refractivity contribution >= 4 is 11.8 Å². The Morgan fingerprint density at radius 1 is 1.45 bits per heavy atom. The number of rotatable bonds is 2. The highest BCUT2D eigenvalue weighted by Gasteiger charge is 2.39. The third-order valence-corrected chi connectivity index (χ3v) is 3.94. The molecule has 0 saturated carbocycles. The van der Waals surface area contributed by atoms with Gasteiger partial charge in [-0.05, 0) is 25.0 Å². The summed E-state index contributed by atoms with van der Waals surface area (Å²) in [7, 11) is 0. The van der Waals surface area contributed by atoms with Crippen LogP contribution in [0.25, 0.3) is 0 Å². The standard InChI is InChI=1S/C14H16FN3O2/c15-10-3-1-6-16-11(10)9-14(20)18-8-5-13(19)17-7-2-4-12(17)18/h1,3,6,12H,2,4-5,7-9H2. The van der Waals surface area contributed by atoms with Crippen LogP contribution in [0.15, 0.2) is 18.3 Å². The van der Waals surface area contributed by atoms with E-state index in [1.165, 1.54) is 18.3 Å². The molecule has 1 atom stereocenters. The molecule has 0 aromatic carbocycles. The van der Waals surface area contributed by atoms with Crippen molar-refractivity contribution in [2.24, 2.45) is 0 Å². The Morgan fingerprint density at radius 3 is 3.10 bits per heavy atom. The quantitative estimate of drug-likeness (QED) is 0.808. The second-order valence-corrected chi connectivity index (χ2v) is 5.16. The van der Waals surface area contributed by atoms with E-state index in [1.54, 1.807) is 9.80 Å². The van der Waals surface area contributed by atoms with Crippen molar-refractivity contribution in [2.75, 3.05) is 13.1 Å². The Kier molecular flexibility index (Phi) is 3.38. The van der Waals surface area contributed by atoms with Crippen molar-refractivity contribution in [2.45, 2.75) is 31.8 Å². The molecular formula is C14H16FN3O2. The molecule has 0 aliphatic carbocycles. The first-order chi connectivity index (χ1) is 9.66. The van der Waals surface area contributed by atoms with E-state index >= 15 is 0 Å². The normalized spacial score (nSPS) is 22.1. The number of amides is 2. The highest BCUT2D eigenvalue weighted by molar-refractivity contribution is 5.83. The number of carbonyl (C=O) groups excluding carboxylic acids is 2. The van der Waals surface area contributed by atoms with Crippen LogP contribution in [0.5, 0.6) is 0 Å². The molecule has 2 aliphatic heterocycles. The summed E-state index contributed by atoms with van der Waals surface area (Å²) in [5, 5.41) is 0. The maximum Gasteiger partial charge on any atom is 0.230 e. The van der Waals surface area contributed by atoms with Gasteiger partial charge in [0.05, 0.1) is 12.1 Å². The fraction of sp³-hybridized carbons (Fsp3) is 0.500. The predicted molar refractivity (Wildman–Crippen MR) is 69.0 cm³/mol. The third-order valence-electron chi connectivity index (χ3n) is 3.94. The van der Waals surface area contributed by atoms with Crippen LogP contribution in [-0.4, -0.2) is 45.9 Å². The fourth-order valence-electron chi connectivity index (χ4n) is 2.96. The van der Waals surface area contributed by atoms with Gasteiger partial charge in [-0.1, -0.05) is 0 Å². The first kappa shape index (κ1) is 13.0. The van der Waals surface area contributed by atoms with E-state index in [0.29, 0.717) is 19.5 Å². The lowest BCUT2D eigenvalue weighted by Crippen LogP contribution is -2.55. The highest BCUT2D eigenvalue weighted by atomic mass is 19.1. The van der Waals surface area contributed by atoms with E-state index in [-0.39, 0.29) is 30.1 Å². The first-order valence-electron chi connectivity index (χ1n) is 6.85. The average Bonchev–Trinajstić information content (AvgIpc) is 2.92. The van der Waals surface area contributed by atoms with Crippen LogP contribution in [-0.2, 0) is 16.0 Å². The third kappa shape index (κ3) is 2.26. The molecule has 3 heterocycles. The zero-order chi connectivity index (χ0) is 14.1. The van der Waals surface area contributed by atoms with E-state index in [9.17, 15) is 14.0 Å². The Balaban J connectivity index is 1.74. The van der Waals surface area contributed by atoms with Gasteiger partial charge in [-0.25, -0.2) is 4.39 Å². The van der Waals surface area contributed by atoms with Gasteiger partial charge in [0.25, 0.3) is 0 Å². The molecule has 0 N–H and O–H groups in total. The predicted octanol–water partition coefficient (Wildman–Crippen LogP) is 0.944. The lowest BCUT2D eigenvalue weighted by molar-refractivity contribution is -0.150. The second-order valence-electron chi connectivity index (χ2n) is 5.16. The minimum absolute atomic E-state index is 0.0504. The van der Waals surface area contributed by atoms with Crippen LogP contribution in [0.2, 0.25) is 0 Å². The summed E-state index contributed by atoms with van der Waals surface area (Å²) in [6.45, 7) is 1.14. The van der Waals surface area contributed by atoms with Crippen LogP contribution in [0.4, 0.5) is 4.39 Å². The Hall–Kier alpha value is -1.98. The van der Waals surface area contributed by atoms with Gasteiger partial charge in [-0.2, -0.15) is 0 Å². The maximum absolute atomic E-state index is 13.5. The highest BCUT2D eigenvalue weighted by Crippen LogP contribution is 2.26. The first-order valence-corrected chi connectivity index (χ1v) is 6.85. The van der Waals surface area contributed by atoms with Gasteiger partial charge in [-0.3, -0.25) is 14.6 Å². The number of fused-ring (bicyclic) bond motifs is 1. The van der Waals surface area contributed by atoms with Crippen molar-refractivity contribution < 1.29 is 14.0 Å². The topological polar surface area (TPSA) is 53.5 Å². The molecule has 0 spiro atoms. The van der Waals surface area contributed by atoms with Gasteiger partial charge < -0.3 is 9.80 Å². The minimum atomic E-state index is -0.461. The maximum atomic E-state index is 13.5. The molecule has 2 fully saturated rings. The Morgan fingerprint density at radius 2 is 2.30 bits per heavy atom. The zero-order valence-electron chi connectivity index (χ0n) is 11.1. The molecule has 2 amide bonds. The minimum Gasteiger partial charge on any atom is -0.322 e. The molecule has 1 unspecified atom stereocenters. The molecule has 2 saturated heterocycles. The molecule has 1 aromatic heterocycles. The molecule has 6 heteroatoms. The number of pyridine rings is 1. The summed E-state index contributed by atoms with van der Waals surface area (Å²) in [6, 6.07) is 2.80. The summed E-state index contributed by atoms with van der Waals surface area (Å²) < 4.78 is 13.5. The summed E-state index contributed by atoms with van der Waals surface area (Å²) in [5.41, 5.74) is 0.166. The number of carbonyl (C=O) groups is 2. The number of hydrogen-bond donors (Lipinski definition) is 0. The van der Waals surface area contributed by atoms with Crippen molar-refractivity contribution in [1.82, 2.24) is 14.8 Å². The van der Waals surface area contributed by atoms with Gasteiger partial charge in [0.15, 0.2) is 0 Å². The van der Waals surface area contributed by atoms with Gasteiger partial charge in [-0.15, -0.1) is 0 Å². The van der Waals surface area contributed by atoms with Gasteiger partial charge in [0.1, 0.15) is 12.0 Å². The van der Waals surface area contributed by atoms with Gasteiger partial charge in [0.2, 0.25) is 11.8 Å². The summed E-state index contributed by atoms with van der Waals surface area (Å²) in [4.78, 5) is 31.5. The van der Waals surface area contributed by atoms with E-state index in [2.05, 4.69) is 4.98 Å². The van der Waals surface area contributed by atoms with Crippen LogP contribution >= 0.6 is 0 Å². The lowest BCUT2D eigenvalue weighted by atomic mass is 10.1. The molecule has 5 nitrogen and oxygen atoms in total. The van der Waals surface area contributed by atoms with Crippen molar-refractivity contribution in [1.29, 1.82) is 0 Å². The van der Waals surface area contributed by atoms with Crippen molar-refractivity contribution in [3.63, 3.8) is 0 Å². The summed E-state index contributed by atoms with van der Waals surface area (Å²) in [5.74, 6) is -0.509. The number of halogens is 1. The molecular weight excluding hydrogens is 261 g/mol. The van der Waals surface area contributed by atoms with E-state index in [0.717, 1.165) is 12.8 Å². The van der Waals surface area contributed by atoms with E-state index < -0.39 is 5.82 Å². The second kappa shape index (κ2) is 5.19. The van der Waals surface area contributed by atoms with Crippen LogP contribution in [0, 0.1) is 5.82 Å². The molecule has 0 radical (unpaired) electrons. The average molecular weight is 277 g/mol. The summed E-state index contributed by atoms with van der Waals surface area (Å²) in [6.07, 6.45) is 3.36.